The number of hydrogen-bond acceptors (Lipinski definition) is 1. The summed E-state index contributed by atoms with van der Waals surface area (Å²) in [6.07, 6.45) is 11.9. The molecule has 3 saturated heterocycles. The maximum atomic E-state index is 5.16. The zero-order chi connectivity index (χ0) is 18.5. The SMILES string of the molecule is CC(C)(C)N=NN=P(N1CCCCC1)(N1CCCCC1)N1CCCCC1. The summed E-state index contributed by atoms with van der Waals surface area (Å²) in [6, 6.07) is 0. The predicted octanol–water partition coefficient (Wildman–Crippen LogP) is 5.56. The topological polar surface area (TPSA) is 46.8 Å². The molecule has 3 aliphatic heterocycles. The standard InChI is InChI=1S/C19H39N6P/c1-19(2,3)20-21-22-26(23-13-7-4-8-14-23,24-15-9-5-10-16-24)25-17-11-6-12-18-25/h4-18H2,1-3H3. The fraction of sp³-hybridized carbons (Fsp3) is 1.00. The normalized spacial score (nSPS) is 25.7. The predicted molar refractivity (Wildman–Crippen MR) is 110 cm³/mol. The average molecular weight is 383 g/mol. The van der Waals surface area contributed by atoms with Crippen LogP contribution in [0.2, 0.25) is 0 Å². The smallest absolute Gasteiger partial charge is 0.195 e. The monoisotopic (exact) mass is 382 g/mol. The van der Waals surface area contributed by atoms with Gasteiger partial charge in [0, 0.05) is 39.3 Å². The van der Waals surface area contributed by atoms with Gasteiger partial charge in [-0.1, -0.05) is 19.3 Å². The molecule has 0 aliphatic carbocycles. The molecule has 0 aromatic carbocycles. The van der Waals surface area contributed by atoms with Crippen LogP contribution in [0.5, 0.6) is 0 Å². The second kappa shape index (κ2) is 9.27. The first-order chi connectivity index (χ1) is 12.5. The van der Waals surface area contributed by atoms with E-state index in [0.29, 0.717) is 0 Å². The highest BCUT2D eigenvalue weighted by Gasteiger charge is 2.42. The Balaban J connectivity index is 2.02. The van der Waals surface area contributed by atoms with Crippen molar-refractivity contribution in [3.63, 3.8) is 0 Å². The summed E-state index contributed by atoms with van der Waals surface area (Å²) >= 11 is 0. The minimum atomic E-state index is -1.94. The van der Waals surface area contributed by atoms with Crippen molar-refractivity contribution in [3.05, 3.63) is 0 Å². The largest absolute Gasteiger partial charge is 0.244 e. The molecule has 0 unspecified atom stereocenters. The molecule has 0 spiro atoms. The van der Waals surface area contributed by atoms with E-state index in [1.807, 2.05) is 0 Å². The van der Waals surface area contributed by atoms with Crippen LogP contribution < -0.4 is 0 Å². The first-order valence-electron chi connectivity index (χ1n) is 10.8. The van der Waals surface area contributed by atoms with Crippen molar-refractivity contribution < 1.29 is 0 Å². The van der Waals surface area contributed by atoms with E-state index in [4.69, 9.17) is 4.85 Å². The third-order valence-corrected chi connectivity index (χ3v) is 9.44. The summed E-state index contributed by atoms with van der Waals surface area (Å²) in [5.74, 6) is 0. The molecule has 3 heterocycles. The van der Waals surface area contributed by atoms with Crippen LogP contribution in [0.3, 0.4) is 0 Å². The van der Waals surface area contributed by atoms with Crippen LogP contribution in [0, 0.1) is 0 Å². The fourth-order valence-electron chi connectivity index (χ4n) is 4.35. The molecule has 150 valence electrons. The molecule has 3 fully saturated rings. The quantitative estimate of drug-likeness (QED) is 0.363. The summed E-state index contributed by atoms with van der Waals surface area (Å²) in [5.41, 5.74) is -0.162. The van der Waals surface area contributed by atoms with Crippen LogP contribution in [0.1, 0.15) is 78.6 Å². The van der Waals surface area contributed by atoms with Crippen LogP contribution in [0.4, 0.5) is 0 Å². The Hall–Kier alpha value is -0.290. The lowest BCUT2D eigenvalue weighted by Gasteiger charge is -2.51. The van der Waals surface area contributed by atoms with Crippen molar-refractivity contribution in [2.24, 2.45) is 15.2 Å². The third-order valence-electron chi connectivity index (χ3n) is 5.64. The van der Waals surface area contributed by atoms with Crippen molar-refractivity contribution in [2.75, 3.05) is 39.3 Å². The van der Waals surface area contributed by atoms with E-state index >= 15 is 0 Å². The summed E-state index contributed by atoms with van der Waals surface area (Å²) in [6.45, 7) is 13.4. The lowest BCUT2D eigenvalue weighted by molar-refractivity contribution is 0.246. The van der Waals surface area contributed by atoms with E-state index in [2.05, 4.69) is 45.1 Å². The van der Waals surface area contributed by atoms with E-state index in [1.54, 1.807) is 0 Å². The van der Waals surface area contributed by atoms with Crippen LogP contribution in [-0.4, -0.2) is 58.8 Å². The molecule has 0 aromatic rings. The Morgan fingerprint density at radius 2 is 0.923 bits per heavy atom. The molecule has 3 aliphatic rings. The lowest BCUT2D eigenvalue weighted by atomic mass is 10.1. The van der Waals surface area contributed by atoms with Gasteiger partial charge in [-0.25, -0.2) is 14.0 Å². The number of hydrogen-bond donors (Lipinski definition) is 0. The Morgan fingerprint density at radius 1 is 0.577 bits per heavy atom. The molecule has 0 bridgehead atoms. The van der Waals surface area contributed by atoms with Crippen molar-refractivity contribution >= 4 is 7.51 Å². The van der Waals surface area contributed by atoms with E-state index in [-0.39, 0.29) is 5.54 Å². The summed E-state index contributed by atoms with van der Waals surface area (Å²) in [7, 11) is -1.94. The molecule has 0 atom stereocenters. The first-order valence-corrected chi connectivity index (χ1v) is 12.4. The molecule has 0 N–H and O–H groups in total. The molecule has 6 nitrogen and oxygen atoms in total. The molecular weight excluding hydrogens is 343 g/mol. The van der Waals surface area contributed by atoms with Crippen molar-refractivity contribution in [3.8, 4) is 0 Å². The third kappa shape index (κ3) is 4.95. The molecular formula is C19H39N6P. The average Bonchev–Trinajstić information content (AvgIpc) is 2.67. The second-order valence-electron chi connectivity index (χ2n) is 9.03. The highest BCUT2D eigenvalue weighted by atomic mass is 31.2. The number of nitrogens with zero attached hydrogens (tertiary/aromatic N) is 6. The van der Waals surface area contributed by atoms with Crippen LogP contribution in [-0.2, 0) is 0 Å². The molecule has 26 heavy (non-hydrogen) atoms. The Labute approximate surface area is 160 Å². The van der Waals surface area contributed by atoms with E-state index < -0.39 is 7.51 Å². The Kier molecular flexibility index (Phi) is 7.29. The van der Waals surface area contributed by atoms with Gasteiger partial charge in [-0.05, 0) is 64.5 Å². The first kappa shape index (κ1) is 20.4. The van der Waals surface area contributed by atoms with E-state index in [9.17, 15) is 0 Å². The van der Waals surface area contributed by atoms with Crippen LogP contribution in [0.15, 0.2) is 15.2 Å². The molecule has 0 radical (unpaired) electrons. The maximum Gasteiger partial charge on any atom is 0.195 e. The van der Waals surface area contributed by atoms with Crippen LogP contribution >= 0.6 is 7.51 Å². The number of piperidine rings is 3. The minimum Gasteiger partial charge on any atom is -0.244 e. The zero-order valence-corrected chi connectivity index (χ0v) is 18.1. The summed E-state index contributed by atoms with van der Waals surface area (Å²) in [4.78, 5) is 5.16. The van der Waals surface area contributed by atoms with Gasteiger partial charge in [0.25, 0.3) is 0 Å². The molecule has 0 amide bonds. The van der Waals surface area contributed by atoms with Crippen molar-refractivity contribution in [2.45, 2.75) is 84.1 Å². The van der Waals surface area contributed by atoms with Gasteiger partial charge in [0.2, 0.25) is 0 Å². The Bertz CT molecular complexity index is 456. The molecule has 7 heteroatoms. The molecule has 0 aromatic heterocycles. The fourth-order valence-corrected chi connectivity index (χ4v) is 8.37. The summed E-state index contributed by atoms with van der Waals surface area (Å²) in [5, 5.41) is 9.05. The Morgan fingerprint density at radius 3 is 1.23 bits per heavy atom. The van der Waals surface area contributed by atoms with Gasteiger partial charge in [-0.2, -0.15) is 5.11 Å². The number of rotatable bonds is 4. The summed E-state index contributed by atoms with van der Waals surface area (Å²) < 4.78 is 8.19. The molecule has 0 saturated carbocycles. The van der Waals surface area contributed by atoms with Crippen molar-refractivity contribution in [1.82, 2.24) is 14.0 Å². The van der Waals surface area contributed by atoms with Gasteiger partial charge in [-0.15, -0.1) is 4.85 Å². The minimum absolute atomic E-state index is 0.162. The van der Waals surface area contributed by atoms with Gasteiger partial charge in [0.05, 0.1) is 5.54 Å². The zero-order valence-electron chi connectivity index (χ0n) is 17.2. The van der Waals surface area contributed by atoms with Crippen molar-refractivity contribution in [1.29, 1.82) is 0 Å². The maximum absolute atomic E-state index is 5.16. The van der Waals surface area contributed by atoms with Gasteiger partial charge in [0.15, 0.2) is 7.51 Å². The highest BCUT2D eigenvalue weighted by molar-refractivity contribution is 7.59. The van der Waals surface area contributed by atoms with E-state index in [1.165, 1.54) is 97.1 Å². The van der Waals surface area contributed by atoms with E-state index in [0.717, 1.165) is 0 Å². The van der Waals surface area contributed by atoms with Gasteiger partial charge < -0.3 is 0 Å². The van der Waals surface area contributed by atoms with Crippen LogP contribution in [0.25, 0.3) is 0 Å². The van der Waals surface area contributed by atoms with Gasteiger partial charge in [0.1, 0.15) is 0 Å². The second-order valence-corrected chi connectivity index (χ2v) is 12.0. The highest BCUT2D eigenvalue weighted by Crippen LogP contribution is 2.62. The lowest BCUT2D eigenvalue weighted by Crippen LogP contribution is -2.46. The van der Waals surface area contributed by atoms with Gasteiger partial charge >= 0.3 is 0 Å². The molecule has 3 rings (SSSR count). The van der Waals surface area contributed by atoms with Gasteiger partial charge in [-0.3, -0.25) is 0 Å².